The van der Waals surface area contributed by atoms with E-state index < -0.39 is 0 Å². The van der Waals surface area contributed by atoms with Gasteiger partial charge in [0.05, 0.1) is 0 Å². The largest absolute Gasteiger partial charge is 0.363 e. The fourth-order valence-electron chi connectivity index (χ4n) is 3.88. The standard InChI is InChI=1S/C23H29N7O2/c1-15-20(21(29-32-15)16-7-5-4-6-8-16)28-23(31)26-18-11-9-17(10-12-18)25-22-24-14-13-19(27-22)30(2)3/h4-8,13-14,17-18H,9-12H2,1-3H3,(H,24,25,27)(H2,26,28,31)/t17-,18+. The number of aromatic nitrogens is 3. The van der Waals surface area contributed by atoms with Gasteiger partial charge in [0.25, 0.3) is 0 Å². The van der Waals surface area contributed by atoms with Crippen LogP contribution in [0.3, 0.4) is 0 Å². The number of aryl methyl sites for hydroxylation is 1. The normalized spacial score (nSPS) is 18.1. The van der Waals surface area contributed by atoms with E-state index >= 15 is 0 Å². The van der Waals surface area contributed by atoms with Crippen LogP contribution in [0.4, 0.5) is 22.2 Å². The van der Waals surface area contributed by atoms with E-state index in [-0.39, 0.29) is 12.1 Å². The number of nitrogens with zero attached hydrogens (tertiary/aromatic N) is 4. The number of urea groups is 1. The van der Waals surface area contributed by atoms with Crippen LogP contribution < -0.4 is 20.9 Å². The van der Waals surface area contributed by atoms with Crippen LogP contribution in [-0.2, 0) is 0 Å². The van der Waals surface area contributed by atoms with Gasteiger partial charge in [-0.25, -0.2) is 9.78 Å². The zero-order valence-electron chi connectivity index (χ0n) is 18.6. The molecule has 3 N–H and O–H groups in total. The third-order valence-electron chi connectivity index (χ3n) is 5.64. The highest BCUT2D eigenvalue weighted by Gasteiger charge is 2.24. The van der Waals surface area contributed by atoms with Crippen LogP contribution >= 0.6 is 0 Å². The van der Waals surface area contributed by atoms with Gasteiger partial charge in [-0.15, -0.1) is 0 Å². The number of rotatable bonds is 6. The Kier molecular flexibility index (Phi) is 6.53. The molecule has 0 radical (unpaired) electrons. The SMILES string of the molecule is Cc1onc(-c2ccccc2)c1NC(=O)N[C@H]1CC[C@@H](Nc2nccc(N(C)C)n2)CC1. The highest BCUT2D eigenvalue weighted by Crippen LogP contribution is 2.30. The lowest BCUT2D eigenvalue weighted by Crippen LogP contribution is -2.42. The molecule has 2 amide bonds. The Labute approximate surface area is 187 Å². The molecule has 168 valence electrons. The molecule has 3 aromatic rings. The number of benzene rings is 1. The van der Waals surface area contributed by atoms with Gasteiger partial charge in [0.1, 0.15) is 17.2 Å². The monoisotopic (exact) mass is 435 g/mol. The summed E-state index contributed by atoms with van der Waals surface area (Å²) in [6.07, 6.45) is 5.39. The average Bonchev–Trinajstić information content (AvgIpc) is 3.16. The van der Waals surface area contributed by atoms with Crippen LogP contribution in [0.5, 0.6) is 0 Å². The number of anilines is 3. The number of nitrogens with one attached hydrogen (secondary N) is 3. The summed E-state index contributed by atoms with van der Waals surface area (Å²) in [5.74, 6) is 2.09. The van der Waals surface area contributed by atoms with Crippen molar-refractivity contribution in [2.75, 3.05) is 29.6 Å². The van der Waals surface area contributed by atoms with Crippen molar-refractivity contribution in [2.24, 2.45) is 0 Å². The number of carbonyl (C=O) groups excluding carboxylic acids is 1. The Bertz CT molecular complexity index is 1040. The quantitative estimate of drug-likeness (QED) is 0.536. The van der Waals surface area contributed by atoms with Crippen LogP contribution in [0.25, 0.3) is 11.3 Å². The molecule has 0 bridgehead atoms. The lowest BCUT2D eigenvalue weighted by Gasteiger charge is -2.29. The summed E-state index contributed by atoms with van der Waals surface area (Å²) >= 11 is 0. The maximum Gasteiger partial charge on any atom is 0.319 e. The maximum atomic E-state index is 12.7. The number of carbonyl (C=O) groups is 1. The molecule has 0 saturated heterocycles. The molecule has 1 fully saturated rings. The van der Waals surface area contributed by atoms with Crippen molar-refractivity contribution in [1.29, 1.82) is 0 Å². The van der Waals surface area contributed by atoms with E-state index in [0.29, 0.717) is 29.1 Å². The predicted molar refractivity (Wildman–Crippen MR) is 125 cm³/mol. The lowest BCUT2D eigenvalue weighted by molar-refractivity contribution is 0.243. The summed E-state index contributed by atoms with van der Waals surface area (Å²) in [4.78, 5) is 23.5. The summed E-state index contributed by atoms with van der Waals surface area (Å²) in [5, 5.41) is 13.5. The Morgan fingerprint density at radius 1 is 1.06 bits per heavy atom. The second-order valence-corrected chi connectivity index (χ2v) is 8.25. The van der Waals surface area contributed by atoms with E-state index in [1.54, 1.807) is 13.1 Å². The smallest absolute Gasteiger partial charge is 0.319 e. The highest BCUT2D eigenvalue weighted by atomic mass is 16.5. The molecule has 9 heteroatoms. The Morgan fingerprint density at radius 3 is 2.50 bits per heavy atom. The van der Waals surface area contributed by atoms with Gasteiger partial charge in [-0.3, -0.25) is 0 Å². The molecule has 32 heavy (non-hydrogen) atoms. The van der Waals surface area contributed by atoms with Crippen molar-refractivity contribution in [3.8, 4) is 11.3 Å². The molecule has 2 aromatic heterocycles. The van der Waals surface area contributed by atoms with Gasteiger partial charge in [-0.05, 0) is 38.7 Å². The summed E-state index contributed by atoms with van der Waals surface area (Å²) in [6.45, 7) is 1.79. The van der Waals surface area contributed by atoms with Crippen LogP contribution in [-0.4, -0.2) is 47.3 Å². The van der Waals surface area contributed by atoms with Crippen molar-refractivity contribution in [3.63, 3.8) is 0 Å². The predicted octanol–water partition coefficient (Wildman–Crippen LogP) is 4.05. The third kappa shape index (κ3) is 5.16. The van der Waals surface area contributed by atoms with Gasteiger partial charge >= 0.3 is 6.03 Å². The molecule has 1 aliphatic carbocycles. The van der Waals surface area contributed by atoms with Gasteiger partial charge in [0, 0.05) is 37.9 Å². The van der Waals surface area contributed by atoms with Crippen LogP contribution in [0.2, 0.25) is 0 Å². The van der Waals surface area contributed by atoms with Crippen LogP contribution in [0, 0.1) is 6.92 Å². The summed E-state index contributed by atoms with van der Waals surface area (Å²) < 4.78 is 5.32. The zero-order chi connectivity index (χ0) is 22.5. The van der Waals surface area contributed by atoms with Crippen molar-refractivity contribution in [1.82, 2.24) is 20.4 Å². The van der Waals surface area contributed by atoms with Crippen LogP contribution in [0.15, 0.2) is 47.1 Å². The summed E-state index contributed by atoms with van der Waals surface area (Å²) in [7, 11) is 3.91. The second-order valence-electron chi connectivity index (χ2n) is 8.25. The van der Waals surface area contributed by atoms with Crippen LogP contribution in [0.1, 0.15) is 31.4 Å². The minimum absolute atomic E-state index is 0.113. The molecular formula is C23H29N7O2. The Morgan fingerprint density at radius 2 is 1.78 bits per heavy atom. The molecule has 9 nitrogen and oxygen atoms in total. The molecule has 0 aliphatic heterocycles. The van der Waals surface area contributed by atoms with E-state index in [1.807, 2.05) is 55.4 Å². The highest BCUT2D eigenvalue weighted by molar-refractivity contribution is 5.94. The summed E-state index contributed by atoms with van der Waals surface area (Å²) in [5.41, 5.74) is 2.12. The molecule has 2 heterocycles. The lowest BCUT2D eigenvalue weighted by atomic mass is 9.91. The van der Waals surface area contributed by atoms with Crippen molar-refractivity contribution in [2.45, 2.75) is 44.7 Å². The number of hydrogen-bond donors (Lipinski definition) is 3. The van der Waals surface area contributed by atoms with Crippen molar-refractivity contribution in [3.05, 3.63) is 48.4 Å². The number of amides is 2. The summed E-state index contributed by atoms with van der Waals surface area (Å²) in [6, 6.07) is 11.7. The van der Waals surface area contributed by atoms with Gasteiger partial charge in [-0.2, -0.15) is 4.98 Å². The Balaban J connectivity index is 1.29. The third-order valence-corrected chi connectivity index (χ3v) is 5.64. The maximum absolute atomic E-state index is 12.7. The van der Waals surface area contributed by atoms with E-state index in [4.69, 9.17) is 4.52 Å². The van der Waals surface area contributed by atoms with E-state index in [1.165, 1.54) is 0 Å². The zero-order valence-corrected chi connectivity index (χ0v) is 18.6. The second kappa shape index (κ2) is 9.67. The molecule has 1 saturated carbocycles. The van der Waals surface area contributed by atoms with Gasteiger partial charge in [0.15, 0.2) is 5.76 Å². The molecule has 0 atom stereocenters. The molecule has 4 rings (SSSR count). The molecule has 1 aliphatic rings. The average molecular weight is 436 g/mol. The first-order valence-corrected chi connectivity index (χ1v) is 10.9. The molecule has 0 unspecified atom stereocenters. The molecule has 0 spiro atoms. The van der Waals surface area contributed by atoms with Gasteiger partial charge < -0.3 is 25.4 Å². The first-order valence-electron chi connectivity index (χ1n) is 10.9. The minimum atomic E-state index is -0.244. The van der Waals surface area contributed by atoms with Gasteiger partial charge in [-0.1, -0.05) is 35.5 Å². The van der Waals surface area contributed by atoms with E-state index in [9.17, 15) is 4.79 Å². The molecular weight excluding hydrogens is 406 g/mol. The van der Waals surface area contributed by atoms with E-state index in [2.05, 4.69) is 31.1 Å². The molecule has 1 aromatic carbocycles. The van der Waals surface area contributed by atoms with Crippen molar-refractivity contribution < 1.29 is 9.32 Å². The topological polar surface area (TPSA) is 108 Å². The minimum Gasteiger partial charge on any atom is -0.363 e. The fourth-order valence-corrected chi connectivity index (χ4v) is 3.88. The first-order chi connectivity index (χ1) is 15.5. The first kappa shape index (κ1) is 21.6. The fraction of sp³-hybridized carbons (Fsp3) is 0.391. The van der Waals surface area contributed by atoms with Gasteiger partial charge in [0.2, 0.25) is 5.95 Å². The van der Waals surface area contributed by atoms with Crippen molar-refractivity contribution >= 4 is 23.5 Å². The van der Waals surface area contributed by atoms with E-state index in [0.717, 1.165) is 37.1 Å². The number of hydrogen-bond acceptors (Lipinski definition) is 7. The Hall–Kier alpha value is -3.62.